The van der Waals surface area contributed by atoms with Gasteiger partial charge in [0.05, 0.1) is 10.6 Å². The van der Waals surface area contributed by atoms with Crippen LogP contribution in [0.2, 0.25) is 0 Å². The van der Waals surface area contributed by atoms with Gasteiger partial charge in [0.25, 0.3) is 5.91 Å². The molecule has 0 fully saturated rings. The topological polar surface area (TPSA) is 41.1 Å². The lowest BCUT2D eigenvalue weighted by atomic mass is 9.99. The van der Waals surface area contributed by atoms with Crippen molar-refractivity contribution in [2.45, 2.75) is 25.7 Å². The molecule has 1 aliphatic rings. The van der Waals surface area contributed by atoms with E-state index < -0.39 is 0 Å². The molecule has 4 rings (SSSR count). The lowest BCUT2D eigenvalue weighted by Crippen LogP contribution is -2.35. The third-order valence-corrected chi connectivity index (χ3v) is 6.12. The number of nitrogens with one attached hydrogen (secondary N) is 2. The van der Waals surface area contributed by atoms with Crippen molar-refractivity contribution in [1.82, 2.24) is 10.9 Å². The highest BCUT2D eigenvalue weighted by Gasteiger charge is 2.17. The van der Waals surface area contributed by atoms with Crippen molar-refractivity contribution in [3.8, 4) is 11.1 Å². The van der Waals surface area contributed by atoms with Gasteiger partial charge in [-0.05, 0) is 54.0 Å². The molecule has 3 aromatic rings. The van der Waals surface area contributed by atoms with Crippen LogP contribution in [-0.2, 0) is 12.8 Å². The second-order valence-corrected chi connectivity index (χ2v) is 7.90. The molecule has 1 aromatic heterocycles. The van der Waals surface area contributed by atoms with Gasteiger partial charge in [-0.3, -0.25) is 15.6 Å². The monoisotopic (exact) mass is 374 g/mol. The first-order chi connectivity index (χ1) is 13.2. The maximum atomic E-state index is 12.4. The van der Waals surface area contributed by atoms with Crippen LogP contribution in [0.3, 0.4) is 0 Å². The summed E-state index contributed by atoms with van der Waals surface area (Å²) in [7, 11) is 0. The van der Waals surface area contributed by atoms with Crippen LogP contribution >= 0.6 is 11.3 Å². The fourth-order valence-electron chi connectivity index (χ4n) is 3.36. The zero-order valence-electron chi connectivity index (χ0n) is 15.1. The van der Waals surface area contributed by atoms with Crippen molar-refractivity contribution in [2.24, 2.45) is 0 Å². The Labute approximate surface area is 163 Å². The average molecular weight is 375 g/mol. The van der Waals surface area contributed by atoms with Crippen LogP contribution in [0, 0.1) is 0 Å². The number of benzene rings is 2. The van der Waals surface area contributed by atoms with Crippen molar-refractivity contribution in [1.29, 1.82) is 0 Å². The van der Waals surface area contributed by atoms with Gasteiger partial charge in [-0.1, -0.05) is 61.2 Å². The Morgan fingerprint density at radius 3 is 2.33 bits per heavy atom. The van der Waals surface area contributed by atoms with Gasteiger partial charge in [0.1, 0.15) is 0 Å². The Kier molecular flexibility index (Phi) is 5.07. The van der Waals surface area contributed by atoms with E-state index in [2.05, 4.69) is 41.7 Å². The summed E-state index contributed by atoms with van der Waals surface area (Å²) in [6.07, 6.45) is 4.63. The average Bonchev–Trinajstić information content (AvgIpc) is 3.17. The molecule has 0 saturated heterocycles. The van der Waals surface area contributed by atoms with Crippen molar-refractivity contribution in [2.75, 3.05) is 0 Å². The lowest BCUT2D eigenvalue weighted by Gasteiger charge is -2.11. The van der Waals surface area contributed by atoms with Gasteiger partial charge in [-0.25, -0.2) is 0 Å². The van der Waals surface area contributed by atoms with Gasteiger partial charge >= 0.3 is 0 Å². The smallest absolute Gasteiger partial charge is 0.279 e. The highest BCUT2D eigenvalue weighted by atomic mass is 32.1. The number of aryl methyl sites for hydroxylation is 2. The van der Waals surface area contributed by atoms with Crippen LogP contribution in [0.15, 0.2) is 67.2 Å². The Balaban J connectivity index is 1.37. The molecule has 0 saturated carbocycles. The fraction of sp³-hybridized carbons (Fsp3) is 0.174. The largest absolute Gasteiger partial charge is 0.298 e. The third-order valence-electron chi connectivity index (χ3n) is 4.89. The summed E-state index contributed by atoms with van der Waals surface area (Å²) in [6, 6.07) is 20.4. The normalized spacial score (nSPS) is 12.9. The molecule has 2 N–H and O–H groups in total. The minimum Gasteiger partial charge on any atom is -0.298 e. The summed E-state index contributed by atoms with van der Waals surface area (Å²) in [4.78, 5) is 14.6. The molecule has 0 radical (unpaired) electrons. The summed E-state index contributed by atoms with van der Waals surface area (Å²) in [5.74, 6) is -0.101. The molecular weight excluding hydrogens is 352 g/mol. The van der Waals surface area contributed by atoms with Gasteiger partial charge in [0, 0.05) is 4.88 Å². The van der Waals surface area contributed by atoms with Crippen molar-refractivity contribution in [3.05, 3.63) is 88.1 Å². The van der Waals surface area contributed by atoms with E-state index in [0.29, 0.717) is 5.70 Å². The second-order valence-electron chi connectivity index (χ2n) is 6.77. The molecule has 1 aliphatic carbocycles. The van der Waals surface area contributed by atoms with E-state index in [1.165, 1.54) is 28.8 Å². The minimum atomic E-state index is -0.101. The molecule has 0 aliphatic heterocycles. The fourth-order valence-corrected chi connectivity index (χ4v) is 4.51. The number of carbonyl (C=O) groups excluding carboxylic acids is 1. The first-order valence-corrected chi connectivity index (χ1v) is 10.0. The Hall–Kier alpha value is -2.85. The van der Waals surface area contributed by atoms with Crippen LogP contribution in [0.1, 0.15) is 38.5 Å². The molecule has 4 heteroatoms. The van der Waals surface area contributed by atoms with E-state index in [0.717, 1.165) is 28.8 Å². The Bertz CT molecular complexity index is 934. The highest BCUT2D eigenvalue weighted by molar-refractivity contribution is 7.14. The van der Waals surface area contributed by atoms with E-state index in [-0.39, 0.29) is 5.91 Å². The molecule has 0 bridgehead atoms. The predicted octanol–water partition coefficient (Wildman–Crippen LogP) is 5.20. The Morgan fingerprint density at radius 1 is 0.889 bits per heavy atom. The van der Waals surface area contributed by atoms with Gasteiger partial charge < -0.3 is 0 Å². The number of carbonyl (C=O) groups is 1. The van der Waals surface area contributed by atoms with Crippen LogP contribution in [0.25, 0.3) is 16.8 Å². The highest BCUT2D eigenvalue weighted by Crippen LogP contribution is 2.29. The van der Waals surface area contributed by atoms with Gasteiger partial charge in [-0.15, -0.1) is 11.3 Å². The second kappa shape index (κ2) is 7.80. The van der Waals surface area contributed by atoms with Crippen LogP contribution in [0.5, 0.6) is 0 Å². The molecule has 2 aromatic carbocycles. The maximum absolute atomic E-state index is 12.4. The number of fused-ring (bicyclic) bond motifs is 1. The summed E-state index contributed by atoms with van der Waals surface area (Å²) >= 11 is 1.61. The summed E-state index contributed by atoms with van der Waals surface area (Å²) < 4.78 is 0. The molecule has 1 amide bonds. The van der Waals surface area contributed by atoms with E-state index in [1.807, 2.05) is 36.4 Å². The zero-order valence-corrected chi connectivity index (χ0v) is 15.9. The minimum absolute atomic E-state index is 0.101. The predicted molar refractivity (Wildman–Crippen MR) is 112 cm³/mol. The first kappa shape index (κ1) is 17.6. The number of hydrogen-bond donors (Lipinski definition) is 2. The summed E-state index contributed by atoms with van der Waals surface area (Å²) in [5.41, 5.74) is 11.0. The van der Waals surface area contributed by atoms with E-state index in [4.69, 9.17) is 0 Å². The number of amides is 1. The van der Waals surface area contributed by atoms with Crippen molar-refractivity contribution >= 4 is 22.9 Å². The number of rotatable bonds is 5. The van der Waals surface area contributed by atoms with E-state index in [1.54, 1.807) is 11.3 Å². The SMILES string of the molecule is C=C(NNC(=O)c1cc2c(s1)CCCC2)c1ccc(-c2ccccc2)cc1. The molecule has 3 nitrogen and oxygen atoms in total. The summed E-state index contributed by atoms with van der Waals surface area (Å²) in [5, 5.41) is 0. The molecule has 0 spiro atoms. The third kappa shape index (κ3) is 3.96. The van der Waals surface area contributed by atoms with Crippen LogP contribution < -0.4 is 10.9 Å². The molecule has 0 unspecified atom stereocenters. The van der Waals surface area contributed by atoms with Crippen molar-refractivity contribution < 1.29 is 4.79 Å². The van der Waals surface area contributed by atoms with Crippen LogP contribution in [0.4, 0.5) is 0 Å². The van der Waals surface area contributed by atoms with Gasteiger partial charge in [0.2, 0.25) is 0 Å². The first-order valence-electron chi connectivity index (χ1n) is 9.23. The maximum Gasteiger partial charge on any atom is 0.279 e. The number of thiophene rings is 1. The molecule has 0 atom stereocenters. The molecule has 27 heavy (non-hydrogen) atoms. The standard InChI is InChI=1S/C23H22N2OS/c1-16(17-11-13-19(14-12-17)18-7-3-2-4-8-18)24-25-23(26)22-15-20-9-5-6-10-21(20)27-22/h2-4,7-8,11-15,24H,1,5-6,9-10H2,(H,25,26). The Morgan fingerprint density at radius 2 is 1.59 bits per heavy atom. The molecule has 1 heterocycles. The number of hydrazine groups is 1. The lowest BCUT2D eigenvalue weighted by molar-refractivity contribution is 0.0946. The van der Waals surface area contributed by atoms with E-state index in [9.17, 15) is 4.79 Å². The zero-order chi connectivity index (χ0) is 18.6. The van der Waals surface area contributed by atoms with Gasteiger partial charge in [0.15, 0.2) is 0 Å². The number of hydrogen-bond acceptors (Lipinski definition) is 3. The summed E-state index contributed by atoms with van der Waals surface area (Å²) in [6.45, 7) is 4.04. The molecule has 136 valence electrons. The van der Waals surface area contributed by atoms with Crippen LogP contribution in [-0.4, -0.2) is 5.91 Å². The molecular formula is C23H22N2OS. The van der Waals surface area contributed by atoms with E-state index >= 15 is 0 Å². The quantitative estimate of drug-likeness (QED) is 0.603. The van der Waals surface area contributed by atoms with Gasteiger partial charge in [-0.2, -0.15) is 0 Å². The van der Waals surface area contributed by atoms with Crippen molar-refractivity contribution in [3.63, 3.8) is 0 Å².